The van der Waals surface area contributed by atoms with Crippen LogP contribution in [-0.2, 0) is 11.3 Å². The van der Waals surface area contributed by atoms with E-state index in [1.165, 1.54) is 14.2 Å². The van der Waals surface area contributed by atoms with Crippen molar-refractivity contribution in [3.8, 4) is 11.5 Å². The molecule has 0 saturated heterocycles. The van der Waals surface area contributed by atoms with Gasteiger partial charge in [0.2, 0.25) is 5.91 Å². The van der Waals surface area contributed by atoms with E-state index in [-0.39, 0.29) is 24.1 Å². The van der Waals surface area contributed by atoms with Gasteiger partial charge in [0.25, 0.3) is 5.91 Å². The van der Waals surface area contributed by atoms with Crippen LogP contribution in [0.15, 0.2) is 48.5 Å². The number of ether oxygens (including phenoxy) is 2. The van der Waals surface area contributed by atoms with E-state index in [0.29, 0.717) is 18.0 Å². The van der Waals surface area contributed by atoms with Gasteiger partial charge in [-0.1, -0.05) is 36.4 Å². The minimum Gasteiger partial charge on any atom is -0.496 e. The standard InChI is InChI=1S/C21H26N2O4/c1-15(2)23(14-16-9-6-5-7-10-16)19(24)13-22-21(25)20-17(26-3)11-8-12-18(20)27-4/h5-12,15H,13-14H2,1-4H3,(H,22,25). The van der Waals surface area contributed by atoms with E-state index in [0.717, 1.165) is 5.56 Å². The molecular weight excluding hydrogens is 344 g/mol. The molecule has 27 heavy (non-hydrogen) atoms. The van der Waals surface area contributed by atoms with Gasteiger partial charge in [0, 0.05) is 12.6 Å². The second kappa shape index (κ2) is 9.62. The lowest BCUT2D eigenvalue weighted by Gasteiger charge is -2.27. The monoisotopic (exact) mass is 370 g/mol. The molecule has 0 unspecified atom stereocenters. The van der Waals surface area contributed by atoms with Gasteiger partial charge in [0.05, 0.1) is 20.8 Å². The second-order valence-electron chi connectivity index (χ2n) is 6.32. The summed E-state index contributed by atoms with van der Waals surface area (Å²) in [5.41, 5.74) is 1.31. The molecule has 0 bridgehead atoms. The Morgan fingerprint density at radius 1 is 0.963 bits per heavy atom. The third-order valence-corrected chi connectivity index (χ3v) is 4.19. The zero-order valence-corrected chi connectivity index (χ0v) is 16.2. The van der Waals surface area contributed by atoms with E-state index in [4.69, 9.17) is 9.47 Å². The van der Waals surface area contributed by atoms with Crippen molar-refractivity contribution in [3.05, 3.63) is 59.7 Å². The van der Waals surface area contributed by atoms with Gasteiger partial charge in [-0.15, -0.1) is 0 Å². The first kappa shape index (κ1) is 20.3. The highest BCUT2D eigenvalue weighted by atomic mass is 16.5. The van der Waals surface area contributed by atoms with Gasteiger partial charge in [0.1, 0.15) is 17.1 Å². The molecule has 0 aromatic heterocycles. The van der Waals surface area contributed by atoms with Gasteiger partial charge in [-0.05, 0) is 31.5 Å². The van der Waals surface area contributed by atoms with Crippen LogP contribution in [0, 0.1) is 0 Å². The Morgan fingerprint density at radius 2 is 1.56 bits per heavy atom. The number of hydrogen-bond donors (Lipinski definition) is 1. The number of methoxy groups -OCH3 is 2. The molecular formula is C21H26N2O4. The number of carbonyl (C=O) groups is 2. The summed E-state index contributed by atoms with van der Waals surface area (Å²) in [5, 5.41) is 2.68. The summed E-state index contributed by atoms with van der Waals surface area (Å²) in [6.07, 6.45) is 0. The topological polar surface area (TPSA) is 67.9 Å². The highest BCUT2D eigenvalue weighted by molar-refractivity contribution is 6.01. The molecule has 0 heterocycles. The van der Waals surface area contributed by atoms with Crippen LogP contribution in [0.1, 0.15) is 29.8 Å². The molecule has 0 fully saturated rings. The Hall–Kier alpha value is -3.02. The van der Waals surface area contributed by atoms with Crippen molar-refractivity contribution in [2.45, 2.75) is 26.4 Å². The zero-order chi connectivity index (χ0) is 19.8. The molecule has 0 radical (unpaired) electrons. The average Bonchev–Trinajstić information content (AvgIpc) is 2.69. The Bertz CT molecular complexity index is 753. The Balaban J connectivity index is 2.08. The Labute approximate surface area is 160 Å². The summed E-state index contributed by atoms with van der Waals surface area (Å²) in [4.78, 5) is 27.0. The number of benzene rings is 2. The third-order valence-electron chi connectivity index (χ3n) is 4.19. The summed E-state index contributed by atoms with van der Waals surface area (Å²) in [6, 6.07) is 14.9. The van der Waals surface area contributed by atoms with E-state index in [1.54, 1.807) is 23.1 Å². The SMILES string of the molecule is COc1cccc(OC)c1C(=O)NCC(=O)N(Cc1ccccc1)C(C)C. The summed E-state index contributed by atoms with van der Waals surface area (Å²) >= 11 is 0. The molecule has 2 aromatic carbocycles. The second-order valence-corrected chi connectivity index (χ2v) is 6.32. The predicted octanol–water partition coefficient (Wildman–Crippen LogP) is 2.87. The Morgan fingerprint density at radius 3 is 2.07 bits per heavy atom. The predicted molar refractivity (Wildman–Crippen MR) is 104 cm³/mol. The van der Waals surface area contributed by atoms with E-state index in [2.05, 4.69) is 5.32 Å². The van der Waals surface area contributed by atoms with Crippen LogP contribution < -0.4 is 14.8 Å². The summed E-state index contributed by atoms with van der Waals surface area (Å²) in [5.74, 6) is 0.214. The first-order valence-corrected chi connectivity index (χ1v) is 8.80. The zero-order valence-electron chi connectivity index (χ0n) is 16.2. The molecule has 0 spiro atoms. The molecule has 2 aromatic rings. The van der Waals surface area contributed by atoms with Crippen molar-refractivity contribution in [3.63, 3.8) is 0 Å². The molecule has 0 atom stereocenters. The van der Waals surface area contributed by atoms with Gasteiger partial charge >= 0.3 is 0 Å². The van der Waals surface area contributed by atoms with Crippen molar-refractivity contribution in [2.75, 3.05) is 20.8 Å². The van der Waals surface area contributed by atoms with Gasteiger partial charge in [-0.2, -0.15) is 0 Å². The van der Waals surface area contributed by atoms with E-state index < -0.39 is 5.91 Å². The smallest absolute Gasteiger partial charge is 0.259 e. The van der Waals surface area contributed by atoms with Crippen LogP contribution in [-0.4, -0.2) is 43.5 Å². The Kier molecular flexibility index (Phi) is 7.23. The maximum atomic E-state index is 12.7. The number of nitrogens with zero attached hydrogens (tertiary/aromatic N) is 1. The van der Waals surface area contributed by atoms with Crippen molar-refractivity contribution in [1.82, 2.24) is 10.2 Å². The number of rotatable bonds is 8. The molecule has 2 amide bonds. The van der Waals surface area contributed by atoms with Crippen LogP contribution in [0.25, 0.3) is 0 Å². The van der Waals surface area contributed by atoms with Gasteiger partial charge in [-0.25, -0.2) is 0 Å². The van der Waals surface area contributed by atoms with Crippen molar-refractivity contribution < 1.29 is 19.1 Å². The highest BCUT2D eigenvalue weighted by Gasteiger charge is 2.21. The fourth-order valence-electron chi connectivity index (χ4n) is 2.76. The molecule has 0 saturated carbocycles. The highest BCUT2D eigenvalue weighted by Crippen LogP contribution is 2.27. The molecule has 0 aliphatic rings. The molecule has 0 aliphatic heterocycles. The first-order valence-electron chi connectivity index (χ1n) is 8.80. The molecule has 0 aliphatic carbocycles. The van der Waals surface area contributed by atoms with Crippen molar-refractivity contribution >= 4 is 11.8 Å². The van der Waals surface area contributed by atoms with E-state index in [1.807, 2.05) is 44.2 Å². The van der Waals surface area contributed by atoms with E-state index in [9.17, 15) is 9.59 Å². The fourth-order valence-corrected chi connectivity index (χ4v) is 2.76. The quantitative estimate of drug-likeness (QED) is 0.776. The summed E-state index contributed by atoms with van der Waals surface area (Å²) < 4.78 is 10.5. The maximum Gasteiger partial charge on any atom is 0.259 e. The van der Waals surface area contributed by atoms with E-state index >= 15 is 0 Å². The lowest BCUT2D eigenvalue weighted by Crippen LogP contribution is -2.43. The third kappa shape index (κ3) is 5.23. The molecule has 6 heteroatoms. The largest absolute Gasteiger partial charge is 0.496 e. The maximum absolute atomic E-state index is 12.7. The van der Waals surface area contributed by atoms with Crippen LogP contribution in [0.3, 0.4) is 0 Å². The fraction of sp³-hybridized carbons (Fsp3) is 0.333. The number of amides is 2. The van der Waals surface area contributed by atoms with Gasteiger partial charge < -0.3 is 19.7 Å². The lowest BCUT2D eigenvalue weighted by atomic mass is 10.1. The van der Waals surface area contributed by atoms with Crippen LogP contribution in [0.5, 0.6) is 11.5 Å². The molecule has 6 nitrogen and oxygen atoms in total. The van der Waals surface area contributed by atoms with Crippen molar-refractivity contribution in [1.29, 1.82) is 0 Å². The molecule has 2 rings (SSSR count). The van der Waals surface area contributed by atoms with Crippen LogP contribution in [0.2, 0.25) is 0 Å². The summed E-state index contributed by atoms with van der Waals surface area (Å²) in [6.45, 7) is 4.29. The number of hydrogen-bond acceptors (Lipinski definition) is 4. The number of nitrogens with one attached hydrogen (secondary N) is 1. The first-order chi connectivity index (χ1) is 13.0. The van der Waals surface area contributed by atoms with Crippen LogP contribution in [0.4, 0.5) is 0 Å². The van der Waals surface area contributed by atoms with Crippen LogP contribution >= 0.6 is 0 Å². The minimum absolute atomic E-state index is 0.00963. The lowest BCUT2D eigenvalue weighted by molar-refractivity contribution is -0.132. The van der Waals surface area contributed by atoms with Gasteiger partial charge in [-0.3, -0.25) is 9.59 Å². The van der Waals surface area contributed by atoms with Crippen molar-refractivity contribution in [2.24, 2.45) is 0 Å². The minimum atomic E-state index is -0.416. The number of carbonyl (C=O) groups excluding carboxylic acids is 2. The van der Waals surface area contributed by atoms with Gasteiger partial charge in [0.15, 0.2) is 0 Å². The average molecular weight is 370 g/mol. The molecule has 144 valence electrons. The normalized spacial score (nSPS) is 10.4. The molecule has 1 N–H and O–H groups in total. The summed E-state index contributed by atoms with van der Waals surface area (Å²) in [7, 11) is 2.97.